The molecule has 0 heterocycles. The van der Waals surface area contributed by atoms with E-state index in [4.69, 9.17) is 9.47 Å². The summed E-state index contributed by atoms with van der Waals surface area (Å²) in [5.41, 5.74) is 0.525. The molecular weight excluding hydrogens is 388 g/mol. The van der Waals surface area contributed by atoms with E-state index in [2.05, 4.69) is 33.4 Å². The lowest BCUT2D eigenvalue weighted by Crippen LogP contribution is -2.59. The van der Waals surface area contributed by atoms with Crippen LogP contribution in [-0.2, 0) is 19.1 Å². The highest BCUT2D eigenvalue weighted by atomic mass is 16.5. The first-order chi connectivity index (χ1) is 14.6. The summed E-state index contributed by atoms with van der Waals surface area (Å²) in [4.78, 5) is 23.7. The molecule has 4 nitrogen and oxygen atoms in total. The monoisotopic (exact) mass is 430 g/mol. The van der Waals surface area contributed by atoms with Gasteiger partial charge in [-0.1, -0.05) is 26.8 Å². The largest absolute Gasteiger partial charge is 0.463 e. The van der Waals surface area contributed by atoms with E-state index < -0.39 is 0 Å². The standard InChI is InChI=1S/C27H42O4/c1-7-16(2)21-8-9-22-20-15-25(31-18(4)29)24-14-19(30-17(3)28)10-12-27(24,6)23(20)11-13-26(21,22)5/h7,16,19-25H,1,8-15H2,2-6H3. The Bertz CT molecular complexity index is 731. The molecule has 174 valence electrons. The van der Waals surface area contributed by atoms with Crippen molar-refractivity contribution in [1.29, 1.82) is 0 Å². The molecule has 0 aliphatic heterocycles. The smallest absolute Gasteiger partial charge is 0.302 e. The van der Waals surface area contributed by atoms with Crippen molar-refractivity contribution in [2.75, 3.05) is 0 Å². The zero-order valence-corrected chi connectivity index (χ0v) is 20.2. The summed E-state index contributed by atoms with van der Waals surface area (Å²) < 4.78 is 11.6. The van der Waals surface area contributed by atoms with Gasteiger partial charge in [0.15, 0.2) is 0 Å². The van der Waals surface area contributed by atoms with Gasteiger partial charge in [0.25, 0.3) is 0 Å². The summed E-state index contributed by atoms with van der Waals surface area (Å²) in [6.45, 7) is 14.5. The molecule has 4 heteroatoms. The lowest BCUT2D eigenvalue weighted by molar-refractivity contribution is -0.196. The van der Waals surface area contributed by atoms with Crippen LogP contribution in [0.15, 0.2) is 12.7 Å². The molecule has 0 aromatic carbocycles. The molecule has 0 N–H and O–H groups in total. The average molecular weight is 431 g/mol. The van der Waals surface area contributed by atoms with Crippen molar-refractivity contribution in [3.8, 4) is 0 Å². The van der Waals surface area contributed by atoms with Gasteiger partial charge in [-0.25, -0.2) is 0 Å². The summed E-state index contributed by atoms with van der Waals surface area (Å²) in [7, 11) is 0. The van der Waals surface area contributed by atoms with E-state index in [1.165, 1.54) is 39.5 Å². The molecule has 4 rings (SSSR count). The molecule has 0 aromatic heterocycles. The predicted molar refractivity (Wildman–Crippen MR) is 121 cm³/mol. The predicted octanol–water partition coefficient (Wildman–Crippen LogP) is 5.94. The first kappa shape index (κ1) is 22.9. The van der Waals surface area contributed by atoms with E-state index in [0.717, 1.165) is 25.7 Å². The average Bonchev–Trinajstić information content (AvgIpc) is 3.05. The fourth-order valence-electron chi connectivity index (χ4n) is 8.99. The van der Waals surface area contributed by atoms with Gasteiger partial charge in [-0.3, -0.25) is 9.59 Å². The fraction of sp³-hybridized carbons (Fsp3) is 0.852. The number of carbonyl (C=O) groups is 2. The van der Waals surface area contributed by atoms with Crippen LogP contribution >= 0.6 is 0 Å². The zero-order chi connectivity index (χ0) is 22.6. The van der Waals surface area contributed by atoms with Gasteiger partial charge in [0.05, 0.1) is 0 Å². The second-order valence-electron chi connectivity index (χ2n) is 11.7. The molecule has 4 saturated carbocycles. The summed E-state index contributed by atoms with van der Waals surface area (Å²) >= 11 is 0. The van der Waals surface area contributed by atoms with Crippen LogP contribution in [0, 0.1) is 46.3 Å². The Morgan fingerprint density at radius 3 is 2.19 bits per heavy atom. The summed E-state index contributed by atoms with van der Waals surface area (Å²) in [5.74, 6) is 3.19. The number of carbonyl (C=O) groups excluding carboxylic acids is 2. The third-order valence-electron chi connectivity index (χ3n) is 10.3. The maximum atomic E-state index is 12.1. The highest BCUT2D eigenvalue weighted by molar-refractivity contribution is 5.66. The van der Waals surface area contributed by atoms with Crippen LogP contribution in [-0.4, -0.2) is 24.1 Å². The molecule has 0 saturated heterocycles. The lowest BCUT2D eigenvalue weighted by Gasteiger charge is -2.62. The second-order valence-corrected chi connectivity index (χ2v) is 11.7. The van der Waals surface area contributed by atoms with Gasteiger partial charge in [0, 0.05) is 19.8 Å². The van der Waals surface area contributed by atoms with E-state index in [1.807, 2.05) is 0 Å². The maximum Gasteiger partial charge on any atom is 0.302 e. The van der Waals surface area contributed by atoms with E-state index in [1.54, 1.807) is 0 Å². The van der Waals surface area contributed by atoms with Gasteiger partial charge in [0.1, 0.15) is 12.2 Å². The normalized spacial score (nSPS) is 47.3. The Morgan fingerprint density at radius 2 is 1.55 bits per heavy atom. The Morgan fingerprint density at radius 1 is 0.903 bits per heavy atom. The van der Waals surface area contributed by atoms with Gasteiger partial charge in [0.2, 0.25) is 0 Å². The molecule has 0 aromatic rings. The Kier molecular flexibility index (Phi) is 6.07. The van der Waals surface area contributed by atoms with Crippen molar-refractivity contribution in [1.82, 2.24) is 0 Å². The van der Waals surface area contributed by atoms with E-state index in [9.17, 15) is 9.59 Å². The van der Waals surface area contributed by atoms with Crippen LogP contribution in [0.2, 0.25) is 0 Å². The summed E-state index contributed by atoms with van der Waals surface area (Å²) in [5, 5.41) is 0. The molecular formula is C27H42O4. The molecule has 0 spiro atoms. The molecule has 10 unspecified atom stereocenters. The van der Waals surface area contributed by atoms with E-state index in [0.29, 0.717) is 35.0 Å². The van der Waals surface area contributed by atoms with Crippen molar-refractivity contribution in [2.45, 2.75) is 98.2 Å². The first-order valence-electron chi connectivity index (χ1n) is 12.6. The van der Waals surface area contributed by atoms with Crippen LogP contribution in [0.1, 0.15) is 86.0 Å². The van der Waals surface area contributed by atoms with Gasteiger partial charge in [-0.05, 0) is 91.8 Å². The molecule has 0 radical (unpaired) electrons. The third-order valence-corrected chi connectivity index (χ3v) is 10.3. The Hall–Kier alpha value is -1.32. The van der Waals surface area contributed by atoms with Crippen LogP contribution in [0.25, 0.3) is 0 Å². The minimum Gasteiger partial charge on any atom is -0.463 e. The van der Waals surface area contributed by atoms with Gasteiger partial charge >= 0.3 is 11.9 Å². The van der Waals surface area contributed by atoms with Crippen molar-refractivity contribution in [3.63, 3.8) is 0 Å². The SMILES string of the molecule is C=CC(C)C1CCC2C3CC(OC(C)=O)C4CC(OC(C)=O)CCC4(C)C3CCC12C. The molecule has 10 atom stereocenters. The summed E-state index contributed by atoms with van der Waals surface area (Å²) in [6.07, 6.45) is 11.0. The van der Waals surface area contributed by atoms with Crippen molar-refractivity contribution < 1.29 is 19.1 Å². The van der Waals surface area contributed by atoms with Crippen molar-refractivity contribution >= 4 is 11.9 Å². The number of hydrogen-bond donors (Lipinski definition) is 0. The first-order valence-corrected chi connectivity index (χ1v) is 12.6. The van der Waals surface area contributed by atoms with E-state index in [-0.39, 0.29) is 35.5 Å². The quantitative estimate of drug-likeness (QED) is 0.409. The third kappa shape index (κ3) is 3.76. The molecule has 0 amide bonds. The van der Waals surface area contributed by atoms with Gasteiger partial charge in [-0.2, -0.15) is 0 Å². The highest BCUT2D eigenvalue weighted by Crippen LogP contribution is 2.68. The molecule has 4 aliphatic carbocycles. The second kappa shape index (κ2) is 8.23. The van der Waals surface area contributed by atoms with Crippen LogP contribution in [0.5, 0.6) is 0 Å². The topological polar surface area (TPSA) is 52.6 Å². The number of hydrogen-bond acceptors (Lipinski definition) is 4. The molecule has 0 bridgehead atoms. The van der Waals surface area contributed by atoms with Crippen LogP contribution in [0.3, 0.4) is 0 Å². The van der Waals surface area contributed by atoms with E-state index >= 15 is 0 Å². The molecule has 4 aliphatic rings. The highest BCUT2D eigenvalue weighted by Gasteiger charge is 2.63. The number of rotatable bonds is 4. The molecule has 31 heavy (non-hydrogen) atoms. The lowest BCUT2D eigenvalue weighted by atomic mass is 9.43. The minimum atomic E-state index is -0.201. The van der Waals surface area contributed by atoms with Crippen LogP contribution < -0.4 is 0 Å². The summed E-state index contributed by atoms with van der Waals surface area (Å²) in [6, 6.07) is 0. The number of fused-ring (bicyclic) bond motifs is 5. The Labute approximate surface area is 188 Å². The zero-order valence-electron chi connectivity index (χ0n) is 20.2. The Balaban J connectivity index is 1.63. The van der Waals surface area contributed by atoms with Crippen molar-refractivity contribution in [2.24, 2.45) is 46.3 Å². The number of ether oxygens (including phenoxy) is 2. The van der Waals surface area contributed by atoms with Gasteiger partial charge in [-0.15, -0.1) is 6.58 Å². The number of allylic oxidation sites excluding steroid dienone is 1. The van der Waals surface area contributed by atoms with Gasteiger partial charge < -0.3 is 9.47 Å². The maximum absolute atomic E-state index is 12.1. The molecule has 4 fully saturated rings. The number of esters is 2. The van der Waals surface area contributed by atoms with Crippen LogP contribution in [0.4, 0.5) is 0 Å². The minimum absolute atomic E-state index is 0.0386. The fourth-order valence-corrected chi connectivity index (χ4v) is 8.99. The van der Waals surface area contributed by atoms with Crippen molar-refractivity contribution in [3.05, 3.63) is 12.7 Å².